The minimum absolute atomic E-state index is 0.276. The Hall–Kier alpha value is -3.24. The minimum atomic E-state index is -4.76. The smallest absolute Gasteiger partial charge is 0.427 e. The normalized spacial score (nSPS) is 16.2. The molecule has 0 bridgehead atoms. The van der Waals surface area contributed by atoms with Gasteiger partial charge in [0.2, 0.25) is 0 Å². The number of urea groups is 1. The van der Waals surface area contributed by atoms with Crippen LogP contribution in [-0.4, -0.2) is 18.0 Å². The van der Waals surface area contributed by atoms with Gasteiger partial charge in [-0.2, -0.15) is 17.6 Å². The van der Waals surface area contributed by atoms with Crippen LogP contribution in [0.5, 0.6) is 5.75 Å². The van der Waals surface area contributed by atoms with E-state index in [0.717, 1.165) is 24.3 Å². The van der Waals surface area contributed by atoms with Gasteiger partial charge in [-0.1, -0.05) is 6.07 Å². The first-order valence-electron chi connectivity index (χ1n) is 7.18. The van der Waals surface area contributed by atoms with Crippen molar-refractivity contribution < 1.29 is 40.7 Å². The molecule has 0 atom stereocenters. The Balaban J connectivity index is 1.74. The number of ether oxygens (including phenoxy) is 1. The summed E-state index contributed by atoms with van der Waals surface area (Å²) in [7, 11) is 0. The van der Waals surface area contributed by atoms with E-state index in [4.69, 9.17) is 0 Å². The molecule has 3 rings (SSSR count). The lowest BCUT2D eigenvalue weighted by molar-refractivity contribution is -0.296. The van der Waals surface area contributed by atoms with E-state index in [1.54, 1.807) is 5.32 Å². The molecule has 3 amide bonds. The molecule has 2 aromatic rings. The number of hydrogen-bond donors (Lipinski definition) is 2. The Morgan fingerprint density at radius 1 is 0.963 bits per heavy atom. The Kier molecular flexibility index (Phi) is 4.25. The van der Waals surface area contributed by atoms with E-state index in [0.29, 0.717) is 12.1 Å². The first-order chi connectivity index (χ1) is 12.5. The van der Waals surface area contributed by atoms with Crippen LogP contribution in [0.3, 0.4) is 0 Å². The molecule has 11 heteroatoms. The average Bonchev–Trinajstić information content (AvgIpc) is 2.71. The monoisotopic (exact) mass is 390 g/mol. The summed E-state index contributed by atoms with van der Waals surface area (Å²) in [4.78, 5) is 23.5. The summed E-state index contributed by atoms with van der Waals surface area (Å²) in [5, 5.41) is 3.60. The van der Waals surface area contributed by atoms with Crippen molar-refractivity contribution in [2.45, 2.75) is 12.0 Å². The van der Waals surface area contributed by atoms with Crippen LogP contribution in [0.1, 0.15) is 15.9 Å². The van der Waals surface area contributed by atoms with Gasteiger partial charge in [-0.3, -0.25) is 10.1 Å². The highest BCUT2D eigenvalue weighted by molar-refractivity contribution is 6.08. The van der Waals surface area contributed by atoms with E-state index in [1.165, 1.54) is 0 Å². The van der Waals surface area contributed by atoms with Gasteiger partial charge in [0.1, 0.15) is 22.9 Å². The second kappa shape index (κ2) is 6.18. The number of carbonyl (C=O) groups excluding carboxylic acids is 2. The highest BCUT2D eigenvalue weighted by atomic mass is 19.3. The van der Waals surface area contributed by atoms with E-state index in [1.807, 2.05) is 5.32 Å². The molecule has 0 saturated heterocycles. The number of fused-ring (bicyclic) bond motifs is 1. The summed E-state index contributed by atoms with van der Waals surface area (Å²) >= 11 is 0. The van der Waals surface area contributed by atoms with Crippen molar-refractivity contribution >= 4 is 17.6 Å². The number of carbonyl (C=O) groups is 2. The number of rotatable bonds is 2. The second-order valence-corrected chi connectivity index (χ2v) is 5.41. The molecule has 2 N–H and O–H groups in total. The third kappa shape index (κ3) is 3.15. The third-order valence-corrected chi connectivity index (χ3v) is 3.60. The van der Waals surface area contributed by atoms with Crippen molar-refractivity contribution in [2.75, 3.05) is 5.32 Å². The molecule has 0 saturated carbocycles. The topological polar surface area (TPSA) is 67.4 Å². The van der Waals surface area contributed by atoms with Crippen LogP contribution in [-0.2, 0) is 5.92 Å². The molecule has 142 valence electrons. The fourth-order valence-electron chi connectivity index (χ4n) is 2.35. The van der Waals surface area contributed by atoms with Gasteiger partial charge in [0.15, 0.2) is 0 Å². The lowest BCUT2D eigenvalue weighted by Crippen LogP contribution is -2.36. The van der Waals surface area contributed by atoms with Gasteiger partial charge in [-0.15, -0.1) is 0 Å². The lowest BCUT2D eigenvalue weighted by atomic mass is 10.1. The summed E-state index contributed by atoms with van der Waals surface area (Å²) in [6.07, 6.45) is -4.76. The number of nitrogens with one attached hydrogen (secondary N) is 2. The first kappa shape index (κ1) is 18.5. The number of amides is 3. The van der Waals surface area contributed by atoms with Crippen molar-refractivity contribution in [1.29, 1.82) is 0 Å². The Morgan fingerprint density at radius 2 is 1.59 bits per heavy atom. The van der Waals surface area contributed by atoms with Crippen LogP contribution in [0, 0.1) is 11.6 Å². The number of anilines is 1. The zero-order valence-electron chi connectivity index (χ0n) is 13.0. The second-order valence-electron chi connectivity index (χ2n) is 5.41. The molecule has 0 spiro atoms. The van der Waals surface area contributed by atoms with Crippen LogP contribution in [0.2, 0.25) is 0 Å². The summed E-state index contributed by atoms with van der Waals surface area (Å²) in [6.45, 7) is 0. The van der Waals surface area contributed by atoms with Gasteiger partial charge in [0, 0.05) is 11.8 Å². The fourth-order valence-corrected chi connectivity index (χ4v) is 2.35. The number of alkyl halides is 4. The van der Waals surface area contributed by atoms with E-state index in [2.05, 4.69) is 4.74 Å². The molecule has 2 aromatic carbocycles. The number of halogens is 6. The number of imide groups is 1. The largest absolute Gasteiger partial charge is 0.469 e. The van der Waals surface area contributed by atoms with Crippen molar-refractivity contribution in [2.24, 2.45) is 0 Å². The van der Waals surface area contributed by atoms with Gasteiger partial charge >= 0.3 is 18.1 Å². The molecular weight excluding hydrogens is 382 g/mol. The van der Waals surface area contributed by atoms with Gasteiger partial charge < -0.3 is 10.1 Å². The summed E-state index contributed by atoms with van der Waals surface area (Å²) in [5.41, 5.74) is -2.37. The number of benzene rings is 2. The van der Waals surface area contributed by atoms with Crippen LogP contribution in [0.4, 0.5) is 36.8 Å². The fraction of sp³-hybridized carbons (Fsp3) is 0.125. The van der Waals surface area contributed by atoms with Crippen LogP contribution in [0.15, 0.2) is 36.4 Å². The van der Waals surface area contributed by atoms with E-state index in [9.17, 15) is 35.9 Å². The molecule has 5 nitrogen and oxygen atoms in total. The molecule has 0 unspecified atom stereocenters. The van der Waals surface area contributed by atoms with Crippen molar-refractivity contribution in [1.82, 2.24) is 5.32 Å². The maximum absolute atomic E-state index is 13.5. The Morgan fingerprint density at radius 3 is 2.22 bits per heavy atom. The first-order valence-corrected chi connectivity index (χ1v) is 7.18. The number of hydrogen-bond acceptors (Lipinski definition) is 3. The molecule has 0 aromatic heterocycles. The highest BCUT2D eigenvalue weighted by Crippen LogP contribution is 2.53. The summed E-state index contributed by atoms with van der Waals surface area (Å²) in [6, 6.07) is 3.51. The van der Waals surface area contributed by atoms with Gasteiger partial charge in [-0.05, 0) is 24.3 Å². The van der Waals surface area contributed by atoms with Crippen molar-refractivity contribution in [3.63, 3.8) is 0 Å². The van der Waals surface area contributed by atoms with Gasteiger partial charge in [-0.25, -0.2) is 13.6 Å². The highest BCUT2D eigenvalue weighted by Gasteiger charge is 2.66. The van der Waals surface area contributed by atoms with E-state index in [-0.39, 0.29) is 5.69 Å². The predicted molar refractivity (Wildman–Crippen MR) is 78.8 cm³/mol. The molecule has 0 radical (unpaired) electrons. The molecule has 1 heterocycles. The molecule has 27 heavy (non-hydrogen) atoms. The van der Waals surface area contributed by atoms with Crippen molar-refractivity contribution in [3.05, 3.63) is 59.2 Å². The quantitative estimate of drug-likeness (QED) is 0.762. The van der Waals surface area contributed by atoms with Gasteiger partial charge in [0.25, 0.3) is 5.91 Å². The van der Waals surface area contributed by atoms with E-state index >= 15 is 0 Å². The standard InChI is InChI=1S/C16H8F6N2O3/c17-9-2-1-3-10(18)12(9)13(25)24-14(26)23-7-4-5-8-11(6-7)27-16(21,22)15(8,19)20/h1-6H,(H2,23,24,25,26). The van der Waals surface area contributed by atoms with Crippen LogP contribution >= 0.6 is 0 Å². The zero-order valence-corrected chi connectivity index (χ0v) is 13.0. The lowest BCUT2D eigenvalue weighted by Gasteiger charge is -2.15. The molecular formula is C16H8F6N2O3. The Labute approximate surface area is 146 Å². The molecule has 0 fully saturated rings. The zero-order chi connectivity index (χ0) is 20.0. The average molecular weight is 390 g/mol. The molecule has 0 aliphatic carbocycles. The molecule has 1 aliphatic rings. The van der Waals surface area contributed by atoms with Crippen molar-refractivity contribution in [3.8, 4) is 5.75 Å². The van der Waals surface area contributed by atoms with E-state index < -0.39 is 52.5 Å². The SMILES string of the molecule is O=C(NC(=O)c1c(F)cccc1F)Nc1ccc2c(c1)OC(F)(F)C2(F)F. The molecule has 1 aliphatic heterocycles. The maximum atomic E-state index is 13.5. The van der Waals surface area contributed by atoms with Crippen LogP contribution < -0.4 is 15.4 Å². The maximum Gasteiger partial charge on any atom is 0.469 e. The minimum Gasteiger partial charge on any atom is -0.427 e. The third-order valence-electron chi connectivity index (χ3n) is 3.60. The Bertz CT molecular complexity index is 927. The van der Waals surface area contributed by atoms with Gasteiger partial charge in [0.05, 0.1) is 5.56 Å². The predicted octanol–water partition coefficient (Wildman–Crippen LogP) is 4.00. The summed E-state index contributed by atoms with van der Waals surface area (Å²) in [5.74, 6) is -9.25. The van der Waals surface area contributed by atoms with Crippen LogP contribution in [0.25, 0.3) is 0 Å². The summed E-state index contributed by atoms with van der Waals surface area (Å²) < 4.78 is 84.1.